The van der Waals surface area contributed by atoms with Gasteiger partial charge in [-0.3, -0.25) is 4.90 Å². The molecule has 3 heteroatoms. The number of nitrogens with zero attached hydrogens (tertiary/aromatic N) is 1. The van der Waals surface area contributed by atoms with E-state index in [1.807, 2.05) is 0 Å². The fourth-order valence-corrected chi connectivity index (χ4v) is 2.94. The molecule has 3 nitrogen and oxygen atoms in total. The Hall–Kier alpha value is -0.120. The lowest BCUT2D eigenvalue weighted by molar-refractivity contribution is 0.0852. The summed E-state index contributed by atoms with van der Waals surface area (Å²) in [5.74, 6) is 0. The van der Waals surface area contributed by atoms with E-state index in [2.05, 4.69) is 24.1 Å². The average Bonchev–Trinajstić information content (AvgIpc) is 2.97. The number of ether oxygens (including phenoxy) is 1. The minimum absolute atomic E-state index is 0.535. The Balaban J connectivity index is 1.71. The highest BCUT2D eigenvalue weighted by Crippen LogP contribution is 2.17. The van der Waals surface area contributed by atoms with Crippen molar-refractivity contribution in [3.63, 3.8) is 0 Å². The van der Waals surface area contributed by atoms with Gasteiger partial charge in [-0.2, -0.15) is 0 Å². The quantitative estimate of drug-likeness (QED) is 0.769. The van der Waals surface area contributed by atoms with E-state index in [1.54, 1.807) is 0 Å². The van der Waals surface area contributed by atoms with E-state index in [1.165, 1.54) is 51.7 Å². The maximum atomic E-state index is 5.71. The van der Waals surface area contributed by atoms with Gasteiger partial charge in [0, 0.05) is 31.8 Å². The van der Waals surface area contributed by atoms with Crippen LogP contribution in [0.15, 0.2) is 0 Å². The van der Waals surface area contributed by atoms with Crippen LogP contribution in [0.2, 0.25) is 0 Å². The van der Waals surface area contributed by atoms with Crippen LogP contribution in [0.4, 0.5) is 0 Å². The predicted molar refractivity (Wildman–Crippen MR) is 71.3 cm³/mol. The van der Waals surface area contributed by atoms with Gasteiger partial charge in [-0.25, -0.2) is 0 Å². The number of hydrogen-bond acceptors (Lipinski definition) is 3. The fraction of sp³-hybridized carbons (Fsp3) is 1.00. The van der Waals surface area contributed by atoms with E-state index in [9.17, 15) is 0 Å². The molecule has 0 saturated carbocycles. The molecule has 17 heavy (non-hydrogen) atoms. The summed E-state index contributed by atoms with van der Waals surface area (Å²) in [6.45, 7) is 9.22. The zero-order valence-electron chi connectivity index (χ0n) is 11.5. The van der Waals surface area contributed by atoms with Crippen LogP contribution in [-0.2, 0) is 4.74 Å². The molecule has 0 amide bonds. The lowest BCUT2D eigenvalue weighted by Gasteiger charge is -2.30. The molecule has 1 N–H and O–H groups in total. The van der Waals surface area contributed by atoms with Gasteiger partial charge in [-0.15, -0.1) is 0 Å². The third kappa shape index (κ3) is 4.23. The van der Waals surface area contributed by atoms with Gasteiger partial charge < -0.3 is 10.1 Å². The Kier molecular flexibility index (Phi) is 5.26. The smallest absolute Gasteiger partial charge is 0.0588 e. The highest BCUT2D eigenvalue weighted by Gasteiger charge is 2.21. The number of nitrogens with one attached hydrogen (secondary N) is 1. The van der Waals surface area contributed by atoms with Gasteiger partial charge in [0.2, 0.25) is 0 Å². The van der Waals surface area contributed by atoms with E-state index in [-0.39, 0.29) is 0 Å². The summed E-state index contributed by atoms with van der Waals surface area (Å²) in [7, 11) is 0. The van der Waals surface area contributed by atoms with Crippen LogP contribution >= 0.6 is 0 Å². The predicted octanol–water partition coefficient (Wildman–Crippen LogP) is 2.02. The van der Waals surface area contributed by atoms with Gasteiger partial charge in [0.15, 0.2) is 0 Å². The number of hydrogen-bond donors (Lipinski definition) is 1. The number of rotatable bonds is 6. The molecule has 2 rings (SSSR count). The Morgan fingerprint density at radius 1 is 1.29 bits per heavy atom. The third-order valence-electron chi connectivity index (χ3n) is 4.11. The van der Waals surface area contributed by atoms with E-state index in [4.69, 9.17) is 4.74 Å². The molecule has 0 aromatic heterocycles. The lowest BCUT2D eigenvalue weighted by Crippen LogP contribution is -2.42. The Bertz CT molecular complexity index is 208. The Morgan fingerprint density at radius 2 is 2.18 bits per heavy atom. The molecule has 2 heterocycles. The van der Waals surface area contributed by atoms with Crippen LogP contribution in [0.3, 0.4) is 0 Å². The second-order valence-corrected chi connectivity index (χ2v) is 5.81. The summed E-state index contributed by atoms with van der Waals surface area (Å²) in [5.41, 5.74) is 0. The molecule has 0 spiro atoms. The summed E-state index contributed by atoms with van der Waals surface area (Å²) in [5, 5.41) is 3.60. The first-order valence-electron chi connectivity index (χ1n) is 7.34. The zero-order chi connectivity index (χ0) is 12.1. The van der Waals surface area contributed by atoms with Crippen molar-refractivity contribution in [3.05, 3.63) is 0 Å². The highest BCUT2D eigenvalue weighted by molar-refractivity contribution is 4.80. The molecular weight excluding hydrogens is 212 g/mol. The van der Waals surface area contributed by atoms with Gasteiger partial charge >= 0.3 is 0 Å². The lowest BCUT2D eigenvalue weighted by atomic mass is 10.1. The van der Waals surface area contributed by atoms with Crippen molar-refractivity contribution in [3.8, 4) is 0 Å². The van der Waals surface area contributed by atoms with Crippen molar-refractivity contribution < 1.29 is 4.74 Å². The van der Waals surface area contributed by atoms with Crippen molar-refractivity contribution in [1.29, 1.82) is 0 Å². The molecule has 2 fully saturated rings. The van der Waals surface area contributed by atoms with E-state index >= 15 is 0 Å². The SMILES string of the molecule is CC(C)N(CCC1CCCO1)CC1CCCN1. The van der Waals surface area contributed by atoms with Crippen LogP contribution in [0.25, 0.3) is 0 Å². The molecule has 2 saturated heterocycles. The molecule has 2 unspecified atom stereocenters. The minimum atomic E-state index is 0.535. The summed E-state index contributed by atoms with van der Waals surface area (Å²) in [6.07, 6.45) is 6.98. The van der Waals surface area contributed by atoms with Crippen LogP contribution in [0, 0.1) is 0 Å². The van der Waals surface area contributed by atoms with Crippen molar-refractivity contribution in [1.82, 2.24) is 10.2 Å². The molecular formula is C14H28N2O. The highest BCUT2D eigenvalue weighted by atomic mass is 16.5. The molecule has 0 aliphatic carbocycles. The first-order chi connectivity index (χ1) is 8.25. The molecule has 2 aliphatic heterocycles. The fourth-order valence-electron chi connectivity index (χ4n) is 2.94. The van der Waals surface area contributed by atoms with Gasteiger partial charge in [-0.05, 0) is 52.5 Å². The largest absolute Gasteiger partial charge is 0.378 e. The summed E-state index contributed by atoms with van der Waals surface area (Å²) < 4.78 is 5.71. The standard InChI is InChI=1S/C14H28N2O/c1-12(2)16(11-13-5-3-8-15-13)9-7-14-6-4-10-17-14/h12-15H,3-11H2,1-2H3. The zero-order valence-corrected chi connectivity index (χ0v) is 11.5. The third-order valence-corrected chi connectivity index (χ3v) is 4.11. The Morgan fingerprint density at radius 3 is 2.76 bits per heavy atom. The van der Waals surface area contributed by atoms with Crippen molar-refractivity contribution in [2.45, 2.75) is 64.1 Å². The molecule has 2 atom stereocenters. The maximum Gasteiger partial charge on any atom is 0.0588 e. The first-order valence-corrected chi connectivity index (χ1v) is 7.34. The van der Waals surface area contributed by atoms with Crippen molar-refractivity contribution in [2.24, 2.45) is 0 Å². The van der Waals surface area contributed by atoms with E-state index in [0.717, 1.165) is 12.6 Å². The van der Waals surface area contributed by atoms with Crippen LogP contribution < -0.4 is 5.32 Å². The van der Waals surface area contributed by atoms with Gasteiger partial charge in [0.05, 0.1) is 6.10 Å². The van der Waals surface area contributed by atoms with E-state index in [0.29, 0.717) is 12.1 Å². The van der Waals surface area contributed by atoms with Crippen LogP contribution in [0.1, 0.15) is 46.0 Å². The van der Waals surface area contributed by atoms with Gasteiger partial charge in [0.1, 0.15) is 0 Å². The van der Waals surface area contributed by atoms with Gasteiger partial charge in [-0.1, -0.05) is 0 Å². The summed E-state index contributed by atoms with van der Waals surface area (Å²) in [6, 6.07) is 1.38. The molecule has 0 aromatic rings. The molecule has 0 aromatic carbocycles. The molecule has 100 valence electrons. The minimum Gasteiger partial charge on any atom is -0.378 e. The first kappa shape index (κ1) is 13.3. The van der Waals surface area contributed by atoms with Crippen molar-refractivity contribution >= 4 is 0 Å². The van der Waals surface area contributed by atoms with Crippen LogP contribution in [0.5, 0.6) is 0 Å². The van der Waals surface area contributed by atoms with Crippen LogP contribution in [-0.4, -0.2) is 49.3 Å². The van der Waals surface area contributed by atoms with Crippen molar-refractivity contribution in [2.75, 3.05) is 26.2 Å². The monoisotopic (exact) mass is 240 g/mol. The molecule has 2 aliphatic rings. The van der Waals surface area contributed by atoms with Gasteiger partial charge in [0.25, 0.3) is 0 Å². The second kappa shape index (κ2) is 6.72. The molecule has 0 radical (unpaired) electrons. The molecule has 0 bridgehead atoms. The second-order valence-electron chi connectivity index (χ2n) is 5.81. The summed E-state index contributed by atoms with van der Waals surface area (Å²) in [4.78, 5) is 2.62. The summed E-state index contributed by atoms with van der Waals surface area (Å²) >= 11 is 0. The average molecular weight is 240 g/mol. The topological polar surface area (TPSA) is 24.5 Å². The normalized spacial score (nSPS) is 29.6. The maximum absolute atomic E-state index is 5.71. The van der Waals surface area contributed by atoms with E-state index < -0.39 is 0 Å². The Labute approximate surface area is 106 Å².